The van der Waals surface area contributed by atoms with E-state index in [-0.39, 0.29) is 38.1 Å². The van der Waals surface area contributed by atoms with E-state index < -0.39 is 46.0 Å². The highest BCUT2D eigenvalue weighted by atomic mass is 16.4. The summed E-state index contributed by atoms with van der Waals surface area (Å²) in [5.41, 5.74) is 7.88. The molecule has 0 radical (unpaired) electrons. The number of benzene rings is 8. The standard InChI is InChI=1S/C47H32O9/c1-47(2)28-11-5-3-8-24(28)27-20-23(18-19-29(27)47)21-14-16-22(17-15-21)32-35-37(41(50)45(54)43(52)39(35)48)34(38-36(32)40(49)44(53)46(55)42(38)51)26-10-7-13-31-33(26)25-9-4-6-12-30(25)56-31/h3-20,48-55H,1-2H3. The van der Waals surface area contributed by atoms with Gasteiger partial charge in [0.25, 0.3) is 0 Å². The summed E-state index contributed by atoms with van der Waals surface area (Å²) in [4.78, 5) is 0. The number of phenolic OH excluding ortho intramolecular Hbond substituents is 8. The second-order valence-electron chi connectivity index (χ2n) is 14.8. The average Bonchev–Trinajstić information content (AvgIpc) is 3.71. The van der Waals surface area contributed by atoms with Crippen LogP contribution in [0.3, 0.4) is 0 Å². The van der Waals surface area contributed by atoms with E-state index >= 15 is 0 Å². The van der Waals surface area contributed by atoms with Crippen molar-refractivity contribution in [1.29, 1.82) is 0 Å². The van der Waals surface area contributed by atoms with E-state index in [1.807, 2.05) is 30.3 Å². The summed E-state index contributed by atoms with van der Waals surface area (Å²) in [5, 5.41) is 91.2. The Morgan fingerprint density at radius 2 is 0.857 bits per heavy atom. The predicted octanol–water partition coefficient (Wildman–Crippen LogP) is 10.8. The molecule has 0 bridgehead atoms. The van der Waals surface area contributed by atoms with E-state index in [0.29, 0.717) is 33.1 Å². The minimum atomic E-state index is -1.03. The number of fused-ring (bicyclic) bond motifs is 8. The smallest absolute Gasteiger partial charge is 0.204 e. The van der Waals surface area contributed by atoms with E-state index in [1.165, 1.54) is 16.7 Å². The van der Waals surface area contributed by atoms with Gasteiger partial charge in [-0.25, -0.2) is 0 Å². The van der Waals surface area contributed by atoms with Gasteiger partial charge < -0.3 is 45.3 Å². The molecule has 1 aliphatic rings. The van der Waals surface area contributed by atoms with Crippen molar-refractivity contribution in [3.05, 3.63) is 120 Å². The second-order valence-corrected chi connectivity index (χ2v) is 14.8. The summed E-state index contributed by atoms with van der Waals surface area (Å²) >= 11 is 0. The van der Waals surface area contributed by atoms with Crippen LogP contribution in [0.4, 0.5) is 0 Å². The third kappa shape index (κ3) is 4.19. The van der Waals surface area contributed by atoms with E-state index in [0.717, 1.165) is 16.7 Å². The van der Waals surface area contributed by atoms with E-state index in [9.17, 15) is 40.9 Å². The van der Waals surface area contributed by atoms with Crippen molar-refractivity contribution in [3.63, 3.8) is 0 Å². The lowest BCUT2D eigenvalue weighted by atomic mass is 9.82. The molecular weight excluding hydrogens is 709 g/mol. The Hall–Kier alpha value is -7.52. The molecule has 0 spiro atoms. The maximum absolute atomic E-state index is 11.7. The lowest BCUT2D eigenvalue weighted by Crippen LogP contribution is -2.14. The third-order valence-electron chi connectivity index (χ3n) is 11.6. The molecule has 8 aromatic carbocycles. The summed E-state index contributed by atoms with van der Waals surface area (Å²) in [6, 6.07) is 34.0. The third-order valence-corrected chi connectivity index (χ3v) is 11.6. The Morgan fingerprint density at radius 3 is 1.50 bits per heavy atom. The van der Waals surface area contributed by atoms with Crippen LogP contribution in [-0.2, 0) is 5.41 Å². The Labute approximate surface area is 318 Å². The molecule has 56 heavy (non-hydrogen) atoms. The van der Waals surface area contributed by atoms with Gasteiger partial charge in [0.1, 0.15) is 11.2 Å². The first-order valence-electron chi connectivity index (χ1n) is 17.9. The van der Waals surface area contributed by atoms with Crippen molar-refractivity contribution in [1.82, 2.24) is 0 Å². The largest absolute Gasteiger partial charge is 0.504 e. The number of phenols is 8. The second kappa shape index (κ2) is 11.3. The Morgan fingerprint density at radius 1 is 0.375 bits per heavy atom. The molecule has 1 aliphatic carbocycles. The van der Waals surface area contributed by atoms with Gasteiger partial charge in [-0.05, 0) is 62.7 Å². The van der Waals surface area contributed by atoms with Gasteiger partial charge in [-0.15, -0.1) is 0 Å². The van der Waals surface area contributed by atoms with Gasteiger partial charge in [0.2, 0.25) is 23.0 Å². The van der Waals surface area contributed by atoms with Crippen LogP contribution in [0.15, 0.2) is 114 Å². The molecule has 274 valence electrons. The number of aromatic hydroxyl groups is 8. The molecule has 1 aromatic heterocycles. The zero-order chi connectivity index (χ0) is 38.9. The first-order valence-corrected chi connectivity index (χ1v) is 17.9. The van der Waals surface area contributed by atoms with E-state index in [4.69, 9.17) is 4.42 Å². The fourth-order valence-electron chi connectivity index (χ4n) is 8.89. The normalized spacial score (nSPS) is 13.2. The first kappa shape index (κ1) is 33.1. The molecule has 0 atom stereocenters. The van der Waals surface area contributed by atoms with Gasteiger partial charge in [0.15, 0.2) is 23.0 Å². The summed E-state index contributed by atoms with van der Waals surface area (Å²) in [7, 11) is 0. The van der Waals surface area contributed by atoms with E-state index in [2.05, 4.69) is 44.2 Å². The van der Waals surface area contributed by atoms with Gasteiger partial charge >= 0.3 is 0 Å². The molecule has 9 heteroatoms. The first-order chi connectivity index (χ1) is 26.9. The topological polar surface area (TPSA) is 175 Å². The molecular formula is C47H32O9. The summed E-state index contributed by atoms with van der Waals surface area (Å²) < 4.78 is 6.12. The fourth-order valence-corrected chi connectivity index (χ4v) is 8.89. The van der Waals surface area contributed by atoms with Crippen LogP contribution >= 0.6 is 0 Å². The van der Waals surface area contributed by atoms with Gasteiger partial charge in [-0.1, -0.05) is 105 Å². The molecule has 0 unspecified atom stereocenters. The Kier molecular flexibility index (Phi) is 6.65. The minimum absolute atomic E-state index is 0.0228. The van der Waals surface area contributed by atoms with E-state index in [1.54, 1.807) is 48.5 Å². The van der Waals surface area contributed by atoms with Crippen LogP contribution < -0.4 is 0 Å². The highest BCUT2D eigenvalue weighted by Crippen LogP contribution is 2.62. The highest BCUT2D eigenvalue weighted by molar-refractivity contribution is 6.31. The Bertz CT molecular complexity index is 3110. The quantitative estimate of drug-likeness (QED) is 0.0498. The summed E-state index contributed by atoms with van der Waals surface area (Å²) in [5.74, 6) is -7.49. The number of hydrogen-bond donors (Lipinski definition) is 8. The zero-order valence-corrected chi connectivity index (χ0v) is 29.9. The molecule has 1 heterocycles. The van der Waals surface area contributed by atoms with Gasteiger partial charge in [-0.2, -0.15) is 0 Å². The summed E-state index contributed by atoms with van der Waals surface area (Å²) in [6.45, 7) is 4.42. The van der Waals surface area contributed by atoms with Gasteiger partial charge in [0.05, 0.1) is 0 Å². The Balaban J connectivity index is 1.30. The molecule has 0 aliphatic heterocycles. The van der Waals surface area contributed by atoms with Crippen LogP contribution in [0, 0.1) is 0 Å². The molecule has 0 saturated carbocycles. The number of hydrogen-bond acceptors (Lipinski definition) is 9. The van der Waals surface area contributed by atoms with Crippen molar-refractivity contribution in [2.24, 2.45) is 0 Å². The van der Waals surface area contributed by atoms with Crippen LogP contribution in [0.1, 0.15) is 25.0 Å². The fraction of sp³-hybridized carbons (Fsp3) is 0.0638. The monoisotopic (exact) mass is 740 g/mol. The van der Waals surface area contributed by atoms with Crippen molar-refractivity contribution in [2.45, 2.75) is 19.3 Å². The van der Waals surface area contributed by atoms with Crippen molar-refractivity contribution < 1.29 is 45.3 Å². The minimum Gasteiger partial charge on any atom is -0.504 e. The summed E-state index contributed by atoms with van der Waals surface area (Å²) in [6.07, 6.45) is 0. The number of rotatable bonds is 3. The molecule has 9 aromatic rings. The van der Waals surface area contributed by atoms with Crippen LogP contribution in [0.2, 0.25) is 0 Å². The maximum Gasteiger partial charge on any atom is 0.204 e. The van der Waals surface area contributed by atoms with Crippen molar-refractivity contribution in [2.75, 3.05) is 0 Å². The van der Waals surface area contributed by atoms with Crippen LogP contribution in [-0.4, -0.2) is 40.9 Å². The predicted molar refractivity (Wildman–Crippen MR) is 216 cm³/mol. The number of furan rings is 1. The zero-order valence-electron chi connectivity index (χ0n) is 29.9. The molecule has 0 fully saturated rings. The van der Waals surface area contributed by atoms with Gasteiger partial charge in [-0.3, -0.25) is 0 Å². The molecule has 0 amide bonds. The molecule has 8 N–H and O–H groups in total. The molecule has 10 rings (SSSR count). The molecule has 9 nitrogen and oxygen atoms in total. The number of para-hydroxylation sites is 1. The van der Waals surface area contributed by atoms with Crippen molar-refractivity contribution in [3.8, 4) is 90.5 Å². The average molecular weight is 741 g/mol. The van der Waals surface area contributed by atoms with Crippen LogP contribution in [0.5, 0.6) is 46.0 Å². The maximum atomic E-state index is 11.7. The molecule has 0 saturated heterocycles. The van der Waals surface area contributed by atoms with Crippen LogP contribution in [0.25, 0.3) is 88.0 Å². The SMILES string of the molecule is CC1(C)c2ccccc2-c2cc(-c3ccc(-c4c5c(O)c(O)c(O)c(O)c5c(-c5cccc6oc7ccccc7c56)c5c(O)c(O)c(O)c(O)c45)cc3)ccc21. The lowest BCUT2D eigenvalue weighted by Gasteiger charge is -2.23. The highest BCUT2D eigenvalue weighted by Gasteiger charge is 2.36. The van der Waals surface area contributed by atoms with Gasteiger partial charge in [0, 0.05) is 48.9 Å². The van der Waals surface area contributed by atoms with Crippen molar-refractivity contribution >= 4 is 43.5 Å². The lowest BCUT2D eigenvalue weighted by molar-refractivity contribution is 0.350.